The molecule has 0 aromatic heterocycles. The Labute approximate surface area is 101 Å². The average Bonchev–Trinajstić information content (AvgIpc) is 2.15. The Kier molecular flexibility index (Phi) is 3.77. The predicted molar refractivity (Wildman–Crippen MR) is 61.6 cm³/mol. The Bertz CT molecular complexity index is 534. The highest BCUT2D eigenvalue weighted by atomic mass is 79.9. The molecule has 0 atom stereocenters. The molecule has 0 N–H and O–H groups in total. The number of rotatable bonds is 2. The summed E-state index contributed by atoms with van der Waals surface area (Å²) in [6, 6.07) is 5.19. The number of nitriles is 1. The summed E-state index contributed by atoms with van der Waals surface area (Å²) in [7, 11) is 1.41. The van der Waals surface area contributed by atoms with Crippen molar-refractivity contribution in [3.05, 3.63) is 28.8 Å². The minimum atomic E-state index is -3.89. The molecular weight excluding hydrogens is 302 g/mol. The van der Waals surface area contributed by atoms with Crippen molar-refractivity contribution in [3.8, 4) is 6.07 Å². The van der Waals surface area contributed by atoms with Crippen molar-refractivity contribution in [2.75, 3.05) is 0 Å². The third kappa shape index (κ3) is 2.51. The lowest BCUT2D eigenvalue weighted by Gasteiger charge is -2.07. The van der Waals surface area contributed by atoms with Gasteiger partial charge in [-0.25, -0.2) is 8.42 Å². The lowest BCUT2D eigenvalue weighted by Crippen LogP contribution is -2.02. The quantitative estimate of drug-likeness (QED) is 0.623. The van der Waals surface area contributed by atoms with E-state index in [4.69, 9.17) is 15.9 Å². The van der Waals surface area contributed by atoms with Gasteiger partial charge in [0.1, 0.15) is 11.0 Å². The van der Waals surface area contributed by atoms with Gasteiger partial charge in [-0.1, -0.05) is 28.1 Å². The second-order valence-electron chi connectivity index (χ2n) is 2.93. The van der Waals surface area contributed by atoms with Gasteiger partial charge >= 0.3 is 0 Å². The van der Waals surface area contributed by atoms with Crippen molar-refractivity contribution in [1.82, 2.24) is 0 Å². The van der Waals surface area contributed by atoms with Gasteiger partial charge in [-0.15, -0.1) is 0 Å². The van der Waals surface area contributed by atoms with E-state index in [1.54, 1.807) is 19.1 Å². The van der Waals surface area contributed by atoms with Crippen molar-refractivity contribution < 1.29 is 8.42 Å². The molecule has 3 nitrogen and oxygen atoms in total. The van der Waals surface area contributed by atoms with E-state index in [1.807, 2.05) is 6.07 Å². The molecule has 0 aliphatic carbocycles. The van der Waals surface area contributed by atoms with Gasteiger partial charge in [0.25, 0.3) is 9.05 Å². The molecule has 0 saturated carbocycles. The summed E-state index contributed by atoms with van der Waals surface area (Å²) in [6.45, 7) is 1.67. The summed E-state index contributed by atoms with van der Waals surface area (Å²) in [5, 5.41) is 9.23. The number of alkyl halides is 1. The normalized spacial score (nSPS) is 11.1. The van der Waals surface area contributed by atoms with Crippen LogP contribution in [0.5, 0.6) is 0 Å². The van der Waals surface area contributed by atoms with Crippen molar-refractivity contribution in [1.29, 1.82) is 5.26 Å². The smallest absolute Gasteiger partial charge is 0.207 e. The summed E-state index contributed by atoms with van der Waals surface area (Å²) >= 11 is 3.16. The van der Waals surface area contributed by atoms with E-state index in [2.05, 4.69) is 15.9 Å². The van der Waals surface area contributed by atoms with E-state index in [9.17, 15) is 8.42 Å². The van der Waals surface area contributed by atoms with Crippen LogP contribution in [0.4, 0.5) is 0 Å². The maximum absolute atomic E-state index is 11.3. The van der Waals surface area contributed by atoms with Gasteiger partial charge in [0, 0.05) is 16.0 Å². The van der Waals surface area contributed by atoms with E-state index >= 15 is 0 Å². The Morgan fingerprint density at radius 1 is 1.53 bits per heavy atom. The first-order chi connectivity index (χ1) is 6.91. The Balaban J connectivity index is 3.73. The molecular formula is C9H7BrClNO2S. The number of benzene rings is 1. The van der Waals surface area contributed by atoms with E-state index in [0.717, 1.165) is 0 Å². The highest BCUT2D eigenvalue weighted by Gasteiger charge is 2.21. The summed E-state index contributed by atoms with van der Waals surface area (Å²) in [4.78, 5) is -0.0939. The molecule has 0 aliphatic heterocycles. The predicted octanol–water partition coefficient (Wildman–Crippen LogP) is 2.69. The van der Waals surface area contributed by atoms with E-state index < -0.39 is 9.05 Å². The van der Waals surface area contributed by atoms with Gasteiger partial charge in [0.05, 0.1) is 5.56 Å². The number of aryl methyl sites for hydroxylation is 1. The number of hydrogen-bond acceptors (Lipinski definition) is 3. The van der Waals surface area contributed by atoms with Crippen LogP contribution in [0.25, 0.3) is 0 Å². The van der Waals surface area contributed by atoms with E-state index in [1.165, 1.54) is 0 Å². The largest absolute Gasteiger partial charge is 0.262 e. The first-order valence-electron chi connectivity index (χ1n) is 3.95. The fourth-order valence-corrected chi connectivity index (χ4v) is 3.33. The zero-order valence-electron chi connectivity index (χ0n) is 7.79. The Hall–Kier alpha value is -0.570. The van der Waals surface area contributed by atoms with Gasteiger partial charge < -0.3 is 0 Å². The Morgan fingerprint density at radius 2 is 2.13 bits per heavy atom. The van der Waals surface area contributed by atoms with Gasteiger partial charge in [-0.2, -0.15) is 5.26 Å². The zero-order chi connectivity index (χ0) is 11.6. The molecule has 0 heterocycles. The first kappa shape index (κ1) is 12.5. The van der Waals surface area contributed by atoms with E-state index in [0.29, 0.717) is 16.5 Å². The summed E-state index contributed by atoms with van der Waals surface area (Å²) in [5.74, 6) is 0. The van der Waals surface area contributed by atoms with Crippen molar-refractivity contribution in [2.24, 2.45) is 0 Å². The van der Waals surface area contributed by atoms with Crippen LogP contribution in [-0.4, -0.2) is 8.42 Å². The van der Waals surface area contributed by atoms with Crippen LogP contribution < -0.4 is 0 Å². The molecule has 0 radical (unpaired) electrons. The van der Waals surface area contributed by atoms with Gasteiger partial charge in [-0.3, -0.25) is 0 Å². The van der Waals surface area contributed by atoms with Crippen LogP contribution in [0, 0.1) is 18.3 Å². The minimum absolute atomic E-state index is 0.0939. The molecule has 0 aliphatic rings. The van der Waals surface area contributed by atoms with Gasteiger partial charge in [-0.05, 0) is 18.1 Å². The second-order valence-corrected chi connectivity index (χ2v) is 5.99. The second kappa shape index (κ2) is 4.52. The fraction of sp³-hybridized carbons (Fsp3) is 0.222. The summed E-state index contributed by atoms with van der Waals surface area (Å²) in [5.41, 5.74) is 1.20. The molecule has 1 aromatic rings. The van der Waals surface area contributed by atoms with Crippen LogP contribution in [-0.2, 0) is 14.4 Å². The van der Waals surface area contributed by atoms with Crippen molar-refractivity contribution >= 4 is 35.7 Å². The summed E-state index contributed by atoms with van der Waals surface area (Å²) < 4.78 is 22.7. The molecule has 0 amide bonds. The topological polar surface area (TPSA) is 57.9 Å². The molecule has 0 saturated heterocycles. The van der Waals surface area contributed by atoms with Crippen molar-refractivity contribution in [3.63, 3.8) is 0 Å². The highest BCUT2D eigenvalue weighted by molar-refractivity contribution is 9.08. The zero-order valence-corrected chi connectivity index (χ0v) is 10.9. The average molecular weight is 309 g/mol. The maximum Gasteiger partial charge on any atom is 0.262 e. The van der Waals surface area contributed by atoms with Crippen LogP contribution >= 0.6 is 26.6 Å². The standard InChI is InChI=1S/C9H7BrClNO2S/c1-6-2-3-7(4-10)9(8(6)5-12)15(11,13)14/h2-3H,4H2,1H3. The number of halogens is 2. The maximum atomic E-state index is 11.3. The number of nitrogens with zero attached hydrogens (tertiary/aromatic N) is 1. The van der Waals surface area contributed by atoms with Crippen LogP contribution in [0.1, 0.15) is 16.7 Å². The van der Waals surface area contributed by atoms with Crippen LogP contribution in [0.15, 0.2) is 17.0 Å². The molecule has 80 valence electrons. The SMILES string of the molecule is Cc1ccc(CBr)c(S(=O)(=O)Cl)c1C#N. The third-order valence-corrected chi connectivity index (χ3v) is 3.97. The molecule has 0 bridgehead atoms. The van der Waals surface area contributed by atoms with Gasteiger partial charge in [0.15, 0.2) is 0 Å². The van der Waals surface area contributed by atoms with E-state index in [-0.39, 0.29) is 10.5 Å². The van der Waals surface area contributed by atoms with Crippen molar-refractivity contribution in [2.45, 2.75) is 17.1 Å². The lowest BCUT2D eigenvalue weighted by atomic mass is 10.1. The molecule has 6 heteroatoms. The first-order valence-corrected chi connectivity index (χ1v) is 7.38. The third-order valence-electron chi connectivity index (χ3n) is 1.95. The molecule has 15 heavy (non-hydrogen) atoms. The summed E-state index contributed by atoms with van der Waals surface area (Å²) in [6.07, 6.45) is 0. The molecule has 1 rings (SSSR count). The molecule has 0 spiro atoms. The van der Waals surface area contributed by atoms with Gasteiger partial charge in [0.2, 0.25) is 0 Å². The Morgan fingerprint density at radius 3 is 2.53 bits per heavy atom. The van der Waals surface area contributed by atoms with Crippen LogP contribution in [0.2, 0.25) is 0 Å². The highest BCUT2D eigenvalue weighted by Crippen LogP contribution is 2.28. The minimum Gasteiger partial charge on any atom is -0.207 e. The molecule has 0 unspecified atom stereocenters. The lowest BCUT2D eigenvalue weighted by molar-refractivity contribution is 0.608. The van der Waals surface area contributed by atoms with Crippen LogP contribution in [0.3, 0.4) is 0 Å². The monoisotopic (exact) mass is 307 g/mol. The fourth-order valence-electron chi connectivity index (χ4n) is 1.25. The number of hydrogen-bond donors (Lipinski definition) is 0. The molecule has 0 fully saturated rings. The molecule has 1 aromatic carbocycles.